The zero-order valence-corrected chi connectivity index (χ0v) is 10.3. The molecule has 2 heteroatoms. The van der Waals surface area contributed by atoms with E-state index in [4.69, 9.17) is 0 Å². The summed E-state index contributed by atoms with van der Waals surface area (Å²) >= 11 is 0. The molecule has 2 rings (SSSR count). The number of rotatable bonds is 3. The first kappa shape index (κ1) is 11.4. The van der Waals surface area contributed by atoms with Crippen molar-refractivity contribution in [2.24, 2.45) is 11.8 Å². The summed E-state index contributed by atoms with van der Waals surface area (Å²) in [5.41, 5.74) is 0. The number of nitrogens with zero attached hydrogens (tertiary/aromatic N) is 1. The fourth-order valence-corrected chi connectivity index (χ4v) is 3.39. The normalized spacial score (nSPS) is 38.4. The molecule has 1 aliphatic heterocycles. The maximum Gasteiger partial charge on any atom is 0.00980 e. The highest BCUT2D eigenvalue weighted by atomic mass is 15.2. The lowest BCUT2D eigenvalue weighted by Gasteiger charge is -2.37. The minimum Gasteiger partial charge on any atom is -0.319 e. The number of likely N-dealkylation sites (tertiary alicyclic amines) is 1. The van der Waals surface area contributed by atoms with Crippen LogP contribution in [0, 0.1) is 11.8 Å². The molecule has 3 atom stereocenters. The van der Waals surface area contributed by atoms with Crippen molar-refractivity contribution in [3.8, 4) is 0 Å². The Morgan fingerprint density at radius 3 is 2.80 bits per heavy atom. The van der Waals surface area contributed by atoms with Gasteiger partial charge in [-0.05, 0) is 64.1 Å². The lowest BCUT2D eigenvalue weighted by molar-refractivity contribution is 0.123. The molecule has 1 saturated carbocycles. The molecule has 0 spiro atoms. The van der Waals surface area contributed by atoms with Gasteiger partial charge in [-0.2, -0.15) is 0 Å². The van der Waals surface area contributed by atoms with Crippen LogP contribution in [0.25, 0.3) is 0 Å². The zero-order chi connectivity index (χ0) is 10.7. The van der Waals surface area contributed by atoms with E-state index in [9.17, 15) is 0 Å². The number of hydrogen-bond acceptors (Lipinski definition) is 2. The third kappa shape index (κ3) is 2.94. The van der Waals surface area contributed by atoms with Crippen LogP contribution in [0.1, 0.15) is 39.0 Å². The predicted octanol–water partition coefficient (Wildman–Crippen LogP) is 2.11. The molecule has 0 aromatic rings. The van der Waals surface area contributed by atoms with E-state index >= 15 is 0 Å². The van der Waals surface area contributed by atoms with Crippen molar-refractivity contribution >= 4 is 0 Å². The molecule has 2 aliphatic rings. The van der Waals surface area contributed by atoms with Crippen molar-refractivity contribution in [2.45, 2.75) is 45.1 Å². The Morgan fingerprint density at radius 1 is 1.27 bits per heavy atom. The van der Waals surface area contributed by atoms with E-state index in [0.29, 0.717) is 0 Å². The Kier molecular flexibility index (Phi) is 4.04. The van der Waals surface area contributed by atoms with Crippen LogP contribution in [0.15, 0.2) is 0 Å². The van der Waals surface area contributed by atoms with Crippen molar-refractivity contribution < 1.29 is 0 Å². The summed E-state index contributed by atoms with van der Waals surface area (Å²) in [5, 5.41) is 3.33. The first-order valence-electron chi connectivity index (χ1n) is 6.68. The molecule has 1 aliphatic carbocycles. The Hall–Kier alpha value is -0.0800. The van der Waals surface area contributed by atoms with Gasteiger partial charge in [-0.15, -0.1) is 0 Å². The first-order chi connectivity index (χ1) is 7.29. The van der Waals surface area contributed by atoms with Crippen LogP contribution in [0.5, 0.6) is 0 Å². The quantitative estimate of drug-likeness (QED) is 0.767. The zero-order valence-electron chi connectivity index (χ0n) is 10.3. The maximum atomic E-state index is 3.33. The second kappa shape index (κ2) is 5.31. The summed E-state index contributed by atoms with van der Waals surface area (Å²) in [5.74, 6) is 1.87. The Labute approximate surface area is 94.4 Å². The largest absolute Gasteiger partial charge is 0.319 e. The maximum absolute atomic E-state index is 3.33. The van der Waals surface area contributed by atoms with Crippen molar-refractivity contribution in [1.29, 1.82) is 0 Å². The molecule has 2 fully saturated rings. The molecule has 1 heterocycles. The Morgan fingerprint density at radius 2 is 2.13 bits per heavy atom. The van der Waals surface area contributed by atoms with Crippen LogP contribution in [-0.2, 0) is 0 Å². The molecular weight excluding hydrogens is 184 g/mol. The molecule has 0 aromatic heterocycles. The van der Waals surface area contributed by atoms with Gasteiger partial charge in [-0.25, -0.2) is 0 Å². The molecule has 0 amide bonds. The van der Waals surface area contributed by atoms with Crippen molar-refractivity contribution in [2.75, 3.05) is 26.7 Å². The summed E-state index contributed by atoms with van der Waals surface area (Å²) in [7, 11) is 2.08. The summed E-state index contributed by atoms with van der Waals surface area (Å²) < 4.78 is 0. The van der Waals surface area contributed by atoms with E-state index in [1.165, 1.54) is 51.7 Å². The van der Waals surface area contributed by atoms with Crippen LogP contribution in [0.4, 0.5) is 0 Å². The molecule has 1 N–H and O–H groups in total. The topological polar surface area (TPSA) is 15.3 Å². The number of hydrogen-bond donors (Lipinski definition) is 1. The molecule has 3 unspecified atom stereocenters. The molecule has 88 valence electrons. The van der Waals surface area contributed by atoms with Gasteiger partial charge in [-0.1, -0.05) is 6.92 Å². The van der Waals surface area contributed by atoms with Crippen LogP contribution in [-0.4, -0.2) is 37.6 Å². The molecule has 15 heavy (non-hydrogen) atoms. The SMILES string of the molecule is CNCC1CCCN(C2CCC(C)C2)C1. The fraction of sp³-hybridized carbons (Fsp3) is 1.00. The molecule has 0 bridgehead atoms. The smallest absolute Gasteiger partial charge is 0.00980 e. The van der Waals surface area contributed by atoms with E-state index < -0.39 is 0 Å². The third-order valence-corrected chi connectivity index (χ3v) is 4.23. The van der Waals surface area contributed by atoms with Crippen LogP contribution < -0.4 is 5.32 Å². The summed E-state index contributed by atoms with van der Waals surface area (Å²) in [6.45, 7) is 6.32. The molecule has 1 saturated heterocycles. The van der Waals surface area contributed by atoms with E-state index in [0.717, 1.165) is 17.9 Å². The van der Waals surface area contributed by atoms with Gasteiger partial charge in [0.05, 0.1) is 0 Å². The second-order valence-electron chi connectivity index (χ2n) is 5.63. The van der Waals surface area contributed by atoms with Crippen LogP contribution in [0.2, 0.25) is 0 Å². The molecule has 2 nitrogen and oxygen atoms in total. The van der Waals surface area contributed by atoms with Gasteiger partial charge < -0.3 is 10.2 Å². The minimum atomic E-state index is 0.902. The van der Waals surface area contributed by atoms with Gasteiger partial charge in [0.15, 0.2) is 0 Å². The van der Waals surface area contributed by atoms with Gasteiger partial charge in [0.1, 0.15) is 0 Å². The summed E-state index contributed by atoms with van der Waals surface area (Å²) in [6.07, 6.45) is 7.20. The predicted molar refractivity (Wildman–Crippen MR) is 65.0 cm³/mol. The van der Waals surface area contributed by atoms with Gasteiger partial charge in [-0.3, -0.25) is 0 Å². The van der Waals surface area contributed by atoms with Crippen LogP contribution in [0.3, 0.4) is 0 Å². The Bertz CT molecular complexity index is 191. The highest BCUT2D eigenvalue weighted by Gasteiger charge is 2.30. The van der Waals surface area contributed by atoms with Crippen LogP contribution >= 0.6 is 0 Å². The average Bonchev–Trinajstić information content (AvgIpc) is 2.66. The standard InChI is InChI=1S/C13H26N2/c1-11-5-6-13(8-11)15-7-3-4-12(10-15)9-14-2/h11-14H,3-10H2,1-2H3. The lowest BCUT2D eigenvalue weighted by Crippen LogP contribution is -2.43. The monoisotopic (exact) mass is 210 g/mol. The first-order valence-corrected chi connectivity index (χ1v) is 6.68. The van der Waals surface area contributed by atoms with E-state index in [-0.39, 0.29) is 0 Å². The lowest BCUT2D eigenvalue weighted by atomic mass is 9.96. The van der Waals surface area contributed by atoms with Gasteiger partial charge in [0, 0.05) is 12.6 Å². The van der Waals surface area contributed by atoms with Gasteiger partial charge in [0.2, 0.25) is 0 Å². The van der Waals surface area contributed by atoms with Gasteiger partial charge in [0.25, 0.3) is 0 Å². The fourth-order valence-electron chi connectivity index (χ4n) is 3.39. The highest BCUT2D eigenvalue weighted by molar-refractivity contribution is 4.85. The summed E-state index contributed by atoms with van der Waals surface area (Å²) in [4.78, 5) is 2.77. The van der Waals surface area contributed by atoms with Crippen molar-refractivity contribution in [3.63, 3.8) is 0 Å². The van der Waals surface area contributed by atoms with Crippen molar-refractivity contribution in [3.05, 3.63) is 0 Å². The third-order valence-electron chi connectivity index (χ3n) is 4.23. The number of nitrogens with one attached hydrogen (secondary N) is 1. The number of piperidine rings is 1. The van der Waals surface area contributed by atoms with Crippen molar-refractivity contribution in [1.82, 2.24) is 10.2 Å². The summed E-state index contributed by atoms with van der Waals surface area (Å²) in [6, 6.07) is 0.916. The average molecular weight is 210 g/mol. The second-order valence-corrected chi connectivity index (χ2v) is 5.63. The van der Waals surface area contributed by atoms with E-state index in [1.54, 1.807) is 0 Å². The van der Waals surface area contributed by atoms with Gasteiger partial charge >= 0.3 is 0 Å². The highest BCUT2D eigenvalue weighted by Crippen LogP contribution is 2.31. The minimum absolute atomic E-state index is 0.902. The Balaban J connectivity index is 1.81. The van der Waals surface area contributed by atoms with E-state index in [1.807, 2.05) is 0 Å². The molecule has 0 aromatic carbocycles. The van der Waals surface area contributed by atoms with E-state index in [2.05, 4.69) is 24.2 Å². The molecular formula is C13H26N2. The molecule has 0 radical (unpaired) electrons.